The van der Waals surface area contributed by atoms with E-state index in [2.05, 4.69) is 9.97 Å². The maximum absolute atomic E-state index is 13.9. The number of H-pyrrole nitrogens is 2. The number of aromatic amines is 2. The molecule has 0 aliphatic rings. The molecule has 0 unspecified atom stereocenters. The van der Waals surface area contributed by atoms with E-state index in [9.17, 15) is 9.18 Å². The van der Waals surface area contributed by atoms with Crippen molar-refractivity contribution in [3.05, 3.63) is 102 Å². The van der Waals surface area contributed by atoms with Gasteiger partial charge in [-0.05, 0) is 48.0 Å². The fourth-order valence-corrected chi connectivity index (χ4v) is 3.45. The van der Waals surface area contributed by atoms with Gasteiger partial charge in [0.15, 0.2) is 0 Å². The average Bonchev–Trinajstić information content (AvgIpc) is 3.37. The summed E-state index contributed by atoms with van der Waals surface area (Å²) in [5, 5.41) is 1.28. The standard InChI is InChI=1S/C24H17FN2O2/c25-19-7-4-8-21-18(19)13-23(27-21)24(28)22-12-16-11-17(9-10-20(16)26-22)29-14-15-5-2-1-3-6-15/h1-13,26-27H,14H2. The van der Waals surface area contributed by atoms with Crippen LogP contribution in [0.5, 0.6) is 5.75 Å². The Hall–Kier alpha value is -3.86. The van der Waals surface area contributed by atoms with Crippen LogP contribution in [0.2, 0.25) is 0 Å². The van der Waals surface area contributed by atoms with Crippen LogP contribution in [0, 0.1) is 5.82 Å². The second-order valence-corrected chi connectivity index (χ2v) is 6.92. The molecule has 0 amide bonds. The van der Waals surface area contributed by atoms with Crippen LogP contribution in [0.15, 0.2) is 78.9 Å². The molecular weight excluding hydrogens is 367 g/mol. The molecule has 0 fully saturated rings. The summed E-state index contributed by atoms with van der Waals surface area (Å²) in [6, 6.07) is 23.7. The van der Waals surface area contributed by atoms with Gasteiger partial charge in [0.05, 0.1) is 11.4 Å². The van der Waals surface area contributed by atoms with Crippen molar-refractivity contribution in [2.75, 3.05) is 0 Å². The van der Waals surface area contributed by atoms with Gasteiger partial charge in [-0.25, -0.2) is 4.39 Å². The van der Waals surface area contributed by atoms with Crippen molar-refractivity contribution in [3.63, 3.8) is 0 Å². The Morgan fingerprint density at radius 2 is 1.62 bits per heavy atom. The molecule has 4 nitrogen and oxygen atoms in total. The molecule has 2 heterocycles. The smallest absolute Gasteiger partial charge is 0.225 e. The number of carbonyl (C=O) groups is 1. The number of nitrogens with one attached hydrogen (secondary N) is 2. The summed E-state index contributed by atoms with van der Waals surface area (Å²) in [6.07, 6.45) is 0. The normalized spacial score (nSPS) is 11.2. The average molecular weight is 384 g/mol. The number of benzene rings is 3. The molecular formula is C24H17FN2O2. The van der Waals surface area contributed by atoms with Crippen LogP contribution >= 0.6 is 0 Å². The number of fused-ring (bicyclic) bond motifs is 2. The summed E-state index contributed by atoms with van der Waals surface area (Å²) in [5.74, 6) is 0.158. The zero-order chi connectivity index (χ0) is 19.8. The highest BCUT2D eigenvalue weighted by atomic mass is 19.1. The summed E-state index contributed by atoms with van der Waals surface area (Å²) in [6.45, 7) is 0.475. The van der Waals surface area contributed by atoms with Gasteiger partial charge in [-0.3, -0.25) is 4.79 Å². The van der Waals surface area contributed by atoms with Crippen molar-refractivity contribution in [2.45, 2.75) is 6.61 Å². The van der Waals surface area contributed by atoms with Gasteiger partial charge in [0.25, 0.3) is 0 Å². The molecule has 3 aromatic carbocycles. The van der Waals surface area contributed by atoms with E-state index < -0.39 is 0 Å². The second kappa shape index (κ2) is 6.95. The van der Waals surface area contributed by atoms with Crippen molar-refractivity contribution in [1.82, 2.24) is 9.97 Å². The van der Waals surface area contributed by atoms with E-state index >= 15 is 0 Å². The topological polar surface area (TPSA) is 57.9 Å². The summed E-state index contributed by atoms with van der Waals surface area (Å²) in [5.41, 5.74) is 3.30. The fraction of sp³-hybridized carbons (Fsp3) is 0.0417. The molecule has 0 aliphatic carbocycles. The monoisotopic (exact) mass is 384 g/mol. The van der Waals surface area contributed by atoms with Crippen LogP contribution < -0.4 is 4.74 Å². The quantitative estimate of drug-likeness (QED) is 0.388. The van der Waals surface area contributed by atoms with Crippen molar-refractivity contribution in [3.8, 4) is 5.75 Å². The highest BCUT2D eigenvalue weighted by Gasteiger charge is 2.16. The van der Waals surface area contributed by atoms with Gasteiger partial charge in [-0.15, -0.1) is 0 Å². The van der Waals surface area contributed by atoms with Crippen LogP contribution in [0.3, 0.4) is 0 Å². The van der Waals surface area contributed by atoms with Crippen molar-refractivity contribution >= 4 is 27.6 Å². The molecule has 0 saturated carbocycles. The fourth-order valence-electron chi connectivity index (χ4n) is 3.45. The molecule has 142 valence electrons. The van der Waals surface area contributed by atoms with Gasteiger partial charge in [0.2, 0.25) is 5.78 Å². The first-order valence-electron chi connectivity index (χ1n) is 9.29. The highest BCUT2D eigenvalue weighted by Crippen LogP contribution is 2.25. The predicted octanol–water partition coefficient (Wildman–Crippen LogP) is 5.60. The lowest BCUT2D eigenvalue weighted by atomic mass is 10.2. The van der Waals surface area contributed by atoms with E-state index in [-0.39, 0.29) is 11.6 Å². The number of hydrogen-bond acceptors (Lipinski definition) is 2. The Morgan fingerprint density at radius 1 is 0.828 bits per heavy atom. The third kappa shape index (κ3) is 3.27. The summed E-state index contributed by atoms with van der Waals surface area (Å²) in [4.78, 5) is 19.0. The van der Waals surface area contributed by atoms with Crippen molar-refractivity contribution < 1.29 is 13.9 Å². The minimum atomic E-state index is -0.352. The lowest BCUT2D eigenvalue weighted by Gasteiger charge is -2.06. The van der Waals surface area contributed by atoms with E-state index in [1.165, 1.54) is 6.07 Å². The third-order valence-corrected chi connectivity index (χ3v) is 4.94. The van der Waals surface area contributed by atoms with Crippen LogP contribution in [-0.4, -0.2) is 15.8 Å². The third-order valence-electron chi connectivity index (χ3n) is 4.94. The van der Waals surface area contributed by atoms with Gasteiger partial charge in [0.1, 0.15) is 18.2 Å². The molecule has 5 heteroatoms. The molecule has 0 aliphatic heterocycles. The van der Waals surface area contributed by atoms with Crippen molar-refractivity contribution in [2.24, 2.45) is 0 Å². The van der Waals surface area contributed by atoms with Gasteiger partial charge in [-0.2, -0.15) is 0 Å². The zero-order valence-corrected chi connectivity index (χ0v) is 15.4. The number of rotatable bonds is 5. The van der Waals surface area contributed by atoms with E-state index in [0.29, 0.717) is 28.9 Å². The molecule has 5 rings (SSSR count). The Bertz CT molecular complexity index is 1340. The van der Waals surface area contributed by atoms with E-state index in [1.54, 1.807) is 24.3 Å². The lowest BCUT2D eigenvalue weighted by Crippen LogP contribution is -2.01. The number of ether oxygens (including phenoxy) is 1. The lowest BCUT2D eigenvalue weighted by molar-refractivity contribution is 0.103. The Labute approximate surface area is 165 Å². The maximum atomic E-state index is 13.9. The predicted molar refractivity (Wildman–Crippen MR) is 111 cm³/mol. The Balaban J connectivity index is 1.41. The summed E-state index contributed by atoms with van der Waals surface area (Å²) >= 11 is 0. The molecule has 5 aromatic rings. The largest absolute Gasteiger partial charge is 0.489 e. The SMILES string of the molecule is O=C(c1cc2cc(OCc3ccccc3)ccc2[nH]1)c1cc2c(F)cccc2[nH]1. The summed E-state index contributed by atoms with van der Waals surface area (Å²) in [7, 11) is 0. The molecule has 0 saturated heterocycles. The number of carbonyl (C=O) groups excluding carboxylic acids is 1. The Kier molecular flexibility index (Phi) is 4.13. The molecule has 0 radical (unpaired) electrons. The molecule has 0 bridgehead atoms. The van der Waals surface area contributed by atoms with Gasteiger partial charge in [-0.1, -0.05) is 36.4 Å². The first-order valence-corrected chi connectivity index (χ1v) is 9.29. The first kappa shape index (κ1) is 17.3. The minimum absolute atomic E-state index is 0.219. The zero-order valence-electron chi connectivity index (χ0n) is 15.4. The molecule has 29 heavy (non-hydrogen) atoms. The van der Waals surface area contributed by atoms with Crippen LogP contribution in [0.4, 0.5) is 4.39 Å². The summed E-state index contributed by atoms with van der Waals surface area (Å²) < 4.78 is 19.8. The van der Waals surface area contributed by atoms with Crippen LogP contribution in [0.1, 0.15) is 21.7 Å². The highest BCUT2D eigenvalue weighted by molar-refractivity contribution is 6.11. The van der Waals surface area contributed by atoms with Crippen LogP contribution in [0.25, 0.3) is 21.8 Å². The van der Waals surface area contributed by atoms with Crippen LogP contribution in [-0.2, 0) is 6.61 Å². The molecule has 2 N–H and O–H groups in total. The van der Waals surface area contributed by atoms with E-state index in [1.807, 2.05) is 48.5 Å². The molecule has 2 aromatic heterocycles. The maximum Gasteiger partial charge on any atom is 0.225 e. The Morgan fingerprint density at radius 3 is 2.45 bits per heavy atom. The van der Waals surface area contributed by atoms with Crippen molar-refractivity contribution in [1.29, 1.82) is 0 Å². The number of halogens is 1. The van der Waals surface area contributed by atoms with Gasteiger partial charge < -0.3 is 14.7 Å². The molecule has 0 atom stereocenters. The molecule has 0 spiro atoms. The van der Waals surface area contributed by atoms with Gasteiger partial charge in [0, 0.05) is 21.8 Å². The van der Waals surface area contributed by atoms with E-state index in [4.69, 9.17) is 4.74 Å². The van der Waals surface area contributed by atoms with E-state index in [0.717, 1.165) is 22.2 Å². The number of hydrogen-bond donors (Lipinski definition) is 2. The van der Waals surface area contributed by atoms with Gasteiger partial charge >= 0.3 is 0 Å². The number of aromatic nitrogens is 2. The first-order chi connectivity index (χ1) is 14.2. The second-order valence-electron chi connectivity index (χ2n) is 6.92. The number of ketones is 1. The minimum Gasteiger partial charge on any atom is -0.489 e.